The van der Waals surface area contributed by atoms with Crippen molar-refractivity contribution < 1.29 is 14.1 Å². The maximum Gasteiger partial charge on any atom is 0.272 e. The second-order valence-corrected chi connectivity index (χ2v) is 4.53. The molecule has 0 amide bonds. The molecule has 2 rings (SSSR count). The van der Waals surface area contributed by atoms with E-state index in [4.69, 9.17) is 10.5 Å². The van der Waals surface area contributed by atoms with Gasteiger partial charge in [0.05, 0.1) is 11.0 Å². The van der Waals surface area contributed by atoms with Crippen molar-refractivity contribution in [2.24, 2.45) is 5.73 Å². The number of benzene rings is 2. The van der Waals surface area contributed by atoms with E-state index >= 15 is 0 Å². The lowest BCUT2D eigenvalue weighted by molar-refractivity contribution is -0.385. The van der Waals surface area contributed by atoms with E-state index < -0.39 is 10.7 Å². The first-order valence-corrected chi connectivity index (χ1v) is 6.49. The van der Waals surface area contributed by atoms with Crippen molar-refractivity contribution in [3.8, 4) is 11.5 Å². The smallest absolute Gasteiger partial charge is 0.272 e. The van der Waals surface area contributed by atoms with E-state index in [1.54, 1.807) is 12.1 Å². The topological polar surface area (TPSA) is 78.4 Å². The van der Waals surface area contributed by atoms with Gasteiger partial charge in [-0.3, -0.25) is 10.1 Å². The van der Waals surface area contributed by atoms with E-state index in [1.807, 2.05) is 19.1 Å². The summed E-state index contributed by atoms with van der Waals surface area (Å²) in [4.78, 5) is 9.93. The Balaban J connectivity index is 2.33. The molecule has 1 atom stereocenters. The van der Waals surface area contributed by atoms with Crippen LogP contribution in [0.5, 0.6) is 11.5 Å². The summed E-state index contributed by atoms with van der Waals surface area (Å²) in [6, 6.07) is 10.1. The average molecular weight is 290 g/mol. The maximum absolute atomic E-state index is 13.9. The van der Waals surface area contributed by atoms with Gasteiger partial charge in [0.25, 0.3) is 5.69 Å². The van der Waals surface area contributed by atoms with Crippen LogP contribution in [-0.2, 0) is 0 Å². The minimum absolute atomic E-state index is 0.0728. The molecule has 0 aliphatic heterocycles. The van der Waals surface area contributed by atoms with Gasteiger partial charge in [0, 0.05) is 17.7 Å². The zero-order valence-corrected chi connectivity index (χ0v) is 11.5. The fourth-order valence-electron chi connectivity index (χ4n) is 1.90. The molecule has 0 fully saturated rings. The predicted molar refractivity (Wildman–Crippen MR) is 76.8 cm³/mol. The first-order valence-electron chi connectivity index (χ1n) is 6.49. The first-order chi connectivity index (χ1) is 10.0. The lowest BCUT2D eigenvalue weighted by atomic mass is 10.0. The van der Waals surface area contributed by atoms with Crippen LogP contribution in [0.3, 0.4) is 0 Å². The van der Waals surface area contributed by atoms with Gasteiger partial charge in [-0.2, -0.15) is 0 Å². The summed E-state index contributed by atoms with van der Waals surface area (Å²) in [5, 5.41) is 10.6. The Morgan fingerprint density at radius 2 is 2.00 bits per heavy atom. The molecule has 0 heterocycles. The van der Waals surface area contributed by atoms with Gasteiger partial charge < -0.3 is 10.5 Å². The van der Waals surface area contributed by atoms with Crippen LogP contribution in [0.1, 0.15) is 24.9 Å². The SMILES string of the molecule is CCC(N)c1ccccc1Oc1ccc([N+](=O)[O-])cc1F. The number of halogens is 1. The second-order valence-electron chi connectivity index (χ2n) is 4.53. The van der Waals surface area contributed by atoms with E-state index in [-0.39, 0.29) is 17.5 Å². The minimum Gasteiger partial charge on any atom is -0.454 e. The summed E-state index contributed by atoms with van der Waals surface area (Å²) in [6.07, 6.45) is 0.711. The average Bonchev–Trinajstić information content (AvgIpc) is 2.49. The third kappa shape index (κ3) is 3.35. The van der Waals surface area contributed by atoms with Crippen LogP contribution in [0.2, 0.25) is 0 Å². The highest BCUT2D eigenvalue weighted by Crippen LogP contribution is 2.32. The van der Waals surface area contributed by atoms with E-state index in [9.17, 15) is 14.5 Å². The molecule has 1 unspecified atom stereocenters. The molecule has 21 heavy (non-hydrogen) atoms. The molecule has 2 aromatic rings. The summed E-state index contributed by atoms with van der Waals surface area (Å²) in [5.41, 5.74) is 6.43. The Bertz CT molecular complexity index is 661. The molecular weight excluding hydrogens is 275 g/mol. The Kier molecular flexibility index (Phi) is 4.49. The molecule has 6 heteroatoms. The van der Waals surface area contributed by atoms with E-state index in [1.165, 1.54) is 12.1 Å². The van der Waals surface area contributed by atoms with Crippen LogP contribution < -0.4 is 10.5 Å². The molecule has 0 aliphatic rings. The molecular formula is C15H15FN2O3. The molecule has 110 valence electrons. The van der Waals surface area contributed by atoms with Gasteiger partial charge in [-0.25, -0.2) is 4.39 Å². The molecule has 2 N–H and O–H groups in total. The maximum atomic E-state index is 13.9. The highest BCUT2D eigenvalue weighted by molar-refractivity contribution is 5.43. The number of nitro groups is 1. The fourth-order valence-corrected chi connectivity index (χ4v) is 1.90. The van der Waals surface area contributed by atoms with E-state index in [0.717, 1.165) is 11.6 Å². The summed E-state index contributed by atoms with van der Waals surface area (Å²) < 4.78 is 19.4. The van der Waals surface area contributed by atoms with Gasteiger partial charge in [-0.15, -0.1) is 0 Å². The van der Waals surface area contributed by atoms with Gasteiger partial charge in [0.1, 0.15) is 5.75 Å². The minimum atomic E-state index is -0.788. The highest BCUT2D eigenvalue weighted by atomic mass is 19.1. The molecule has 0 radical (unpaired) electrons. The molecule has 0 aliphatic carbocycles. The molecule has 2 aromatic carbocycles. The summed E-state index contributed by atoms with van der Waals surface area (Å²) in [6.45, 7) is 1.94. The van der Waals surface area contributed by atoms with Crippen molar-refractivity contribution in [2.45, 2.75) is 19.4 Å². The van der Waals surface area contributed by atoms with Crippen molar-refractivity contribution in [1.29, 1.82) is 0 Å². The normalized spacial score (nSPS) is 12.0. The van der Waals surface area contributed by atoms with Crippen molar-refractivity contribution >= 4 is 5.69 Å². The Morgan fingerprint density at radius 1 is 1.29 bits per heavy atom. The number of ether oxygens (including phenoxy) is 1. The van der Waals surface area contributed by atoms with Crippen LogP contribution in [0.15, 0.2) is 42.5 Å². The molecule has 5 nitrogen and oxygen atoms in total. The van der Waals surface area contributed by atoms with Crippen molar-refractivity contribution in [2.75, 3.05) is 0 Å². The van der Waals surface area contributed by atoms with Crippen LogP contribution in [0, 0.1) is 15.9 Å². The van der Waals surface area contributed by atoms with Crippen LogP contribution in [0.4, 0.5) is 10.1 Å². The molecule has 0 saturated carbocycles. The zero-order valence-electron chi connectivity index (χ0n) is 11.5. The number of non-ortho nitro benzene ring substituents is 1. The molecule has 0 bridgehead atoms. The third-order valence-corrected chi connectivity index (χ3v) is 3.10. The Morgan fingerprint density at radius 3 is 2.62 bits per heavy atom. The Labute approximate surface area is 121 Å². The van der Waals surface area contributed by atoms with Gasteiger partial charge >= 0.3 is 0 Å². The van der Waals surface area contributed by atoms with Crippen LogP contribution in [-0.4, -0.2) is 4.92 Å². The van der Waals surface area contributed by atoms with Gasteiger partial charge in [-0.1, -0.05) is 25.1 Å². The summed E-state index contributed by atoms with van der Waals surface area (Å²) in [5.74, 6) is -0.417. The summed E-state index contributed by atoms with van der Waals surface area (Å²) >= 11 is 0. The lowest BCUT2D eigenvalue weighted by Gasteiger charge is -2.15. The number of hydrogen-bond acceptors (Lipinski definition) is 4. The van der Waals surface area contributed by atoms with Crippen LogP contribution >= 0.6 is 0 Å². The van der Waals surface area contributed by atoms with Crippen LogP contribution in [0.25, 0.3) is 0 Å². The number of hydrogen-bond donors (Lipinski definition) is 1. The van der Waals surface area contributed by atoms with Gasteiger partial charge in [0.2, 0.25) is 0 Å². The van der Waals surface area contributed by atoms with E-state index in [2.05, 4.69) is 0 Å². The lowest BCUT2D eigenvalue weighted by Crippen LogP contribution is -2.09. The van der Waals surface area contributed by atoms with E-state index in [0.29, 0.717) is 12.2 Å². The fraction of sp³-hybridized carbons (Fsp3) is 0.200. The number of nitrogens with two attached hydrogens (primary N) is 1. The zero-order chi connectivity index (χ0) is 15.4. The number of nitro benzene ring substituents is 1. The van der Waals surface area contributed by atoms with Gasteiger partial charge in [-0.05, 0) is 18.6 Å². The Hall–Kier alpha value is -2.47. The summed E-state index contributed by atoms with van der Waals surface area (Å²) in [7, 11) is 0. The van der Waals surface area contributed by atoms with Gasteiger partial charge in [0.15, 0.2) is 11.6 Å². The van der Waals surface area contributed by atoms with Crippen molar-refractivity contribution in [1.82, 2.24) is 0 Å². The number of nitrogens with zero attached hydrogens (tertiary/aromatic N) is 1. The number of para-hydroxylation sites is 1. The first kappa shape index (κ1) is 14.9. The monoisotopic (exact) mass is 290 g/mol. The second kappa shape index (κ2) is 6.32. The van der Waals surface area contributed by atoms with Crippen molar-refractivity contribution in [3.05, 3.63) is 64.0 Å². The largest absolute Gasteiger partial charge is 0.454 e. The quantitative estimate of drug-likeness (QED) is 0.668. The molecule has 0 aromatic heterocycles. The van der Waals surface area contributed by atoms with Crippen molar-refractivity contribution in [3.63, 3.8) is 0 Å². The molecule has 0 saturated heterocycles. The third-order valence-electron chi connectivity index (χ3n) is 3.10. The number of rotatable bonds is 5. The highest BCUT2D eigenvalue weighted by Gasteiger charge is 2.15. The standard InChI is InChI=1S/C15H15FN2O3/c1-2-13(17)11-5-3-4-6-14(11)21-15-8-7-10(18(19)20)9-12(15)16/h3-9,13H,2,17H2,1H3. The molecule has 0 spiro atoms. The predicted octanol–water partition coefficient (Wildman–Crippen LogP) is 3.94.